The van der Waals surface area contributed by atoms with E-state index in [0.717, 1.165) is 0 Å². The predicted molar refractivity (Wildman–Crippen MR) is 76.1 cm³/mol. The minimum atomic E-state index is -1.64. The molecule has 2 N–H and O–H groups in total. The van der Waals surface area contributed by atoms with Gasteiger partial charge in [0.05, 0.1) is 24.8 Å². The zero-order valence-corrected chi connectivity index (χ0v) is 12.3. The molecule has 6 nitrogen and oxygen atoms in total. The summed E-state index contributed by atoms with van der Waals surface area (Å²) >= 11 is 0. The summed E-state index contributed by atoms with van der Waals surface area (Å²) in [6, 6.07) is 10.3. The molecule has 1 aromatic rings. The minimum Gasteiger partial charge on any atom is -0.386 e. The molecule has 4 rings (SSSR count). The molecule has 2 fully saturated rings. The average Bonchev–Trinajstić information content (AvgIpc) is 2.91. The number of fused-ring (bicyclic) bond motifs is 2. The second kappa shape index (κ2) is 4.08. The summed E-state index contributed by atoms with van der Waals surface area (Å²) in [5, 5.41) is 19.7. The molecule has 116 valence electrons. The van der Waals surface area contributed by atoms with Crippen LogP contribution in [0.2, 0.25) is 0 Å². The molecule has 0 amide bonds. The van der Waals surface area contributed by atoms with E-state index in [1.807, 2.05) is 0 Å². The van der Waals surface area contributed by atoms with Crippen molar-refractivity contribution in [3.63, 3.8) is 0 Å². The number of amidine groups is 1. The predicted octanol–water partition coefficient (Wildman–Crippen LogP) is 1.40. The number of nitriles is 2. The Kier molecular flexibility index (Phi) is 2.51. The Bertz CT molecular complexity index is 828. The molecule has 0 aromatic heterocycles. The zero-order chi connectivity index (χ0) is 16.5. The fraction of sp³-hybridized carbons (Fsp3) is 0.438. The van der Waals surface area contributed by atoms with Gasteiger partial charge in [0.25, 0.3) is 5.91 Å². The number of nitrogens with zero attached hydrogens (tertiary/aromatic N) is 3. The number of ether oxygens (including phenoxy) is 2. The first-order chi connectivity index (χ1) is 11.0. The van der Waals surface area contributed by atoms with Crippen molar-refractivity contribution in [1.82, 2.24) is 0 Å². The van der Waals surface area contributed by atoms with Crippen LogP contribution in [-0.4, -0.2) is 24.5 Å². The van der Waals surface area contributed by atoms with E-state index in [-0.39, 0.29) is 24.1 Å². The zero-order valence-electron chi connectivity index (χ0n) is 12.3. The van der Waals surface area contributed by atoms with Gasteiger partial charge in [0.1, 0.15) is 17.1 Å². The lowest BCUT2D eigenvalue weighted by molar-refractivity contribution is -0.193. The van der Waals surface area contributed by atoms with E-state index in [9.17, 15) is 14.9 Å². The van der Waals surface area contributed by atoms with Crippen molar-refractivity contribution >= 4 is 5.84 Å². The van der Waals surface area contributed by atoms with Crippen molar-refractivity contribution in [2.75, 3.05) is 6.61 Å². The van der Waals surface area contributed by atoms with Gasteiger partial charge in [-0.25, -0.2) is 9.38 Å². The monoisotopic (exact) mass is 312 g/mol. The summed E-state index contributed by atoms with van der Waals surface area (Å²) < 4.78 is 25.7. The summed E-state index contributed by atoms with van der Waals surface area (Å²) in [6.07, 6.45) is -0.298. The van der Waals surface area contributed by atoms with Gasteiger partial charge in [-0.2, -0.15) is 10.5 Å². The van der Waals surface area contributed by atoms with Crippen molar-refractivity contribution in [3.8, 4) is 12.1 Å². The number of aliphatic imine (C=N–C) groups is 1. The van der Waals surface area contributed by atoms with E-state index in [0.29, 0.717) is 0 Å². The third-order valence-electron chi connectivity index (χ3n) is 5.02. The van der Waals surface area contributed by atoms with Crippen LogP contribution in [0.3, 0.4) is 0 Å². The van der Waals surface area contributed by atoms with Gasteiger partial charge in [0.15, 0.2) is 5.41 Å². The van der Waals surface area contributed by atoms with Crippen LogP contribution >= 0.6 is 0 Å². The van der Waals surface area contributed by atoms with Crippen molar-refractivity contribution in [3.05, 3.63) is 35.6 Å². The van der Waals surface area contributed by atoms with Crippen molar-refractivity contribution < 1.29 is 13.9 Å². The summed E-state index contributed by atoms with van der Waals surface area (Å²) in [6.45, 7) is 2.00. The molecule has 0 unspecified atom stereocenters. The van der Waals surface area contributed by atoms with Crippen molar-refractivity contribution in [1.29, 1.82) is 10.5 Å². The number of hydrogen-bond donors (Lipinski definition) is 1. The Balaban J connectivity index is 1.95. The lowest BCUT2D eigenvalue weighted by atomic mass is 9.94. The number of hydrogen-bond acceptors (Lipinski definition) is 6. The Hall–Kier alpha value is -2.48. The summed E-state index contributed by atoms with van der Waals surface area (Å²) in [4.78, 5) is 4.17. The van der Waals surface area contributed by atoms with E-state index in [2.05, 4.69) is 17.1 Å². The van der Waals surface area contributed by atoms with Gasteiger partial charge < -0.3 is 15.2 Å². The molecular weight excluding hydrogens is 299 g/mol. The van der Waals surface area contributed by atoms with Crippen LogP contribution in [0.4, 0.5) is 4.39 Å². The maximum atomic E-state index is 14.3. The molecule has 1 aromatic carbocycles. The summed E-state index contributed by atoms with van der Waals surface area (Å²) in [7, 11) is 0. The Labute approximate surface area is 131 Å². The molecule has 3 aliphatic rings. The number of nitrogens with two attached hydrogens (primary N) is 1. The Morgan fingerprint density at radius 1 is 1.35 bits per heavy atom. The highest BCUT2D eigenvalue weighted by atomic mass is 19.1. The molecule has 2 aliphatic heterocycles. The molecule has 5 atom stereocenters. The average molecular weight is 312 g/mol. The van der Waals surface area contributed by atoms with Gasteiger partial charge >= 0.3 is 0 Å². The first-order valence-corrected chi connectivity index (χ1v) is 7.23. The van der Waals surface area contributed by atoms with Crippen molar-refractivity contribution in [2.45, 2.75) is 24.9 Å². The number of halogens is 1. The number of rotatable bonds is 1. The smallest absolute Gasteiger partial charge is 0.293 e. The summed E-state index contributed by atoms with van der Waals surface area (Å²) in [5.41, 5.74) is 3.33. The van der Waals surface area contributed by atoms with Crippen LogP contribution < -0.4 is 5.73 Å². The molecule has 0 bridgehead atoms. The standard InChI is InChI=1S/C16H13FN4O2/c1-9-6-22-16(23-9)15(8-19)12(10-4-2-3-5-11(10)17)14(15,7-18)13(20)21-16/h2-5,9,12H,6H2,1H3,(H2,20,21)/t9-,12-,14-,15-,16-/m1/s1. The molecule has 2 heterocycles. The van der Waals surface area contributed by atoms with Gasteiger partial charge in [0.2, 0.25) is 0 Å². The molecule has 23 heavy (non-hydrogen) atoms. The fourth-order valence-electron chi connectivity index (χ4n) is 4.04. The van der Waals surface area contributed by atoms with E-state index < -0.39 is 28.5 Å². The molecule has 0 radical (unpaired) electrons. The number of benzene rings is 1. The fourth-order valence-corrected chi connectivity index (χ4v) is 4.04. The highest BCUT2D eigenvalue weighted by Gasteiger charge is 2.94. The van der Waals surface area contributed by atoms with Crippen LogP contribution in [0.1, 0.15) is 18.4 Å². The quantitative estimate of drug-likeness (QED) is 0.844. The van der Waals surface area contributed by atoms with Gasteiger partial charge in [-0.05, 0) is 18.6 Å². The molecule has 1 aliphatic carbocycles. The van der Waals surface area contributed by atoms with Gasteiger partial charge in [-0.3, -0.25) is 0 Å². The first-order valence-electron chi connectivity index (χ1n) is 7.23. The summed E-state index contributed by atoms with van der Waals surface area (Å²) in [5.74, 6) is -2.96. The van der Waals surface area contributed by atoms with Crippen LogP contribution in [0, 0.1) is 39.3 Å². The van der Waals surface area contributed by atoms with E-state index in [1.165, 1.54) is 6.07 Å². The lowest BCUT2D eigenvalue weighted by Crippen LogP contribution is -2.39. The van der Waals surface area contributed by atoms with Gasteiger partial charge in [-0.1, -0.05) is 18.2 Å². The highest BCUT2D eigenvalue weighted by Crippen LogP contribution is 2.82. The third-order valence-corrected chi connectivity index (χ3v) is 5.02. The van der Waals surface area contributed by atoms with Crippen LogP contribution in [0.15, 0.2) is 29.3 Å². The Morgan fingerprint density at radius 3 is 2.65 bits per heavy atom. The van der Waals surface area contributed by atoms with E-state index >= 15 is 0 Å². The minimum absolute atomic E-state index is 0.0381. The lowest BCUT2D eigenvalue weighted by Gasteiger charge is -2.26. The second-order valence-corrected chi connectivity index (χ2v) is 6.11. The van der Waals surface area contributed by atoms with Gasteiger partial charge in [0, 0.05) is 5.92 Å². The first kappa shape index (κ1) is 14.1. The normalized spacial score (nSPS) is 43.6. The highest BCUT2D eigenvalue weighted by molar-refractivity contribution is 6.00. The largest absolute Gasteiger partial charge is 0.386 e. The Morgan fingerprint density at radius 2 is 2.09 bits per heavy atom. The second-order valence-electron chi connectivity index (χ2n) is 6.11. The molecular formula is C16H13FN4O2. The van der Waals surface area contributed by atoms with Crippen LogP contribution in [0.5, 0.6) is 0 Å². The molecule has 1 saturated heterocycles. The van der Waals surface area contributed by atoms with E-state index in [1.54, 1.807) is 25.1 Å². The van der Waals surface area contributed by atoms with Crippen LogP contribution in [0.25, 0.3) is 0 Å². The maximum Gasteiger partial charge on any atom is 0.293 e. The molecule has 1 spiro atoms. The third kappa shape index (κ3) is 1.28. The SMILES string of the molecule is C[C@@H]1CO[C@@]2(N=C(N)[C@@]3(C#N)[C@@H](c4ccccc4F)[C@@]23C#N)O1. The van der Waals surface area contributed by atoms with Crippen molar-refractivity contribution in [2.24, 2.45) is 21.6 Å². The molecule has 1 saturated carbocycles. The van der Waals surface area contributed by atoms with Gasteiger partial charge in [-0.15, -0.1) is 0 Å². The topological polar surface area (TPSA) is 104 Å². The molecule has 7 heteroatoms. The maximum absolute atomic E-state index is 14.3. The van der Waals surface area contributed by atoms with E-state index in [4.69, 9.17) is 15.2 Å². The van der Waals surface area contributed by atoms with Crippen LogP contribution in [-0.2, 0) is 9.47 Å².